The van der Waals surface area contributed by atoms with Gasteiger partial charge in [0.15, 0.2) is 0 Å². The van der Waals surface area contributed by atoms with Crippen LogP contribution >= 0.6 is 15.9 Å². The highest BCUT2D eigenvalue weighted by Gasteiger charge is 2.10. The van der Waals surface area contributed by atoms with E-state index in [0.717, 1.165) is 16.5 Å². The van der Waals surface area contributed by atoms with Crippen molar-refractivity contribution in [1.82, 2.24) is 9.66 Å². The normalized spacial score (nSPS) is 11.8. The van der Waals surface area contributed by atoms with E-state index in [1.165, 1.54) is 4.68 Å². The third kappa shape index (κ3) is 4.12. The smallest absolute Gasteiger partial charge is 0.267 e. The first kappa shape index (κ1) is 17.3. The fourth-order valence-corrected chi connectivity index (χ4v) is 2.88. The highest BCUT2D eigenvalue weighted by Crippen LogP contribution is 2.16. The van der Waals surface area contributed by atoms with Crippen LogP contribution in [0.1, 0.15) is 24.7 Å². The maximum Gasteiger partial charge on any atom is 0.282 e. The molecule has 0 spiro atoms. The van der Waals surface area contributed by atoms with E-state index in [9.17, 15) is 4.79 Å². The molecule has 5 heteroatoms. The Kier molecular flexibility index (Phi) is 5.56. The summed E-state index contributed by atoms with van der Waals surface area (Å²) in [6.07, 6.45) is 6.98. The quantitative estimate of drug-likeness (QED) is 0.589. The van der Waals surface area contributed by atoms with Crippen LogP contribution in [0.5, 0.6) is 0 Å². The molecule has 3 aromatic rings. The maximum atomic E-state index is 12.8. The van der Waals surface area contributed by atoms with E-state index in [0.29, 0.717) is 23.1 Å². The van der Waals surface area contributed by atoms with Crippen molar-refractivity contribution in [3.63, 3.8) is 0 Å². The van der Waals surface area contributed by atoms with Crippen LogP contribution in [0, 0.1) is 0 Å². The van der Waals surface area contributed by atoms with E-state index in [4.69, 9.17) is 0 Å². The van der Waals surface area contributed by atoms with Gasteiger partial charge in [0.25, 0.3) is 5.56 Å². The van der Waals surface area contributed by atoms with Gasteiger partial charge in [0.2, 0.25) is 0 Å². The lowest BCUT2D eigenvalue weighted by Gasteiger charge is -2.08. The molecule has 0 aliphatic rings. The maximum absolute atomic E-state index is 12.8. The molecule has 1 heterocycles. The predicted octanol–water partition coefficient (Wildman–Crippen LogP) is 4.66. The fourth-order valence-electron chi connectivity index (χ4n) is 2.52. The second-order valence-corrected chi connectivity index (χ2v) is 6.51. The van der Waals surface area contributed by atoms with Gasteiger partial charge in [0, 0.05) is 17.1 Å². The average molecular weight is 396 g/mol. The van der Waals surface area contributed by atoms with E-state index in [1.54, 1.807) is 12.3 Å². The summed E-state index contributed by atoms with van der Waals surface area (Å²) in [6, 6.07) is 15.5. The van der Waals surface area contributed by atoms with Crippen molar-refractivity contribution in [3.05, 3.63) is 80.8 Å². The third-order valence-corrected chi connectivity index (χ3v) is 4.20. The highest BCUT2D eigenvalue weighted by atomic mass is 79.9. The topological polar surface area (TPSA) is 47.2 Å². The molecule has 25 heavy (non-hydrogen) atoms. The van der Waals surface area contributed by atoms with Gasteiger partial charge in [-0.25, -0.2) is 4.98 Å². The number of halogens is 1. The van der Waals surface area contributed by atoms with Gasteiger partial charge >= 0.3 is 0 Å². The number of fused-ring (bicyclic) bond motifs is 1. The van der Waals surface area contributed by atoms with Crippen LogP contribution in [0.4, 0.5) is 0 Å². The molecular formula is C20H18BrN3O. The molecule has 3 rings (SSSR count). The molecule has 0 unspecified atom stereocenters. The van der Waals surface area contributed by atoms with Crippen molar-refractivity contribution in [2.45, 2.75) is 19.8 Å². The van der Waals surface area contributed by atoms with Crippen molar-refractivity contribution in [2.24, 2.45) is 5.10 Å². The minimum Gasteiger partial charge on any atom is -0.267 e. The number of aromatic nitrogens is 2. The Bertz CT molecular complexity index is 991. The number of benzene rings is 2. The zero-order valence-electron chi connectivity index (χ0n) is 13.9. The van der Waals surface area contributed by atoms with Crippen LogP contribution in [0.25, 0.3) is 17.0 Å². The SMILES string of the molecule is CCCc1nc2ccc(Br)cc2c(=O)n1N=C/C=C/c1ccccc1. The molecular weight excluding hydrogens is 378 g/mol. The lowest BCUT2D eigenvalue weighted by atomic mass is 10.2. The van der Waals surface area contributed by atoms with Crippen LogP contribution in [0.2, 0.25) is 0 Å². The first-order chi connectivity index (χ1) is 12.2. The largest absolute Gasteiger partial charge is 0.282 e. The van der Waals surface area contributed by atoms with E-state index in [2.05, 4.69) is 32.9 Å². The van der Waals surface area contributed by atoms with Crippen molar-refractivity contribution < 1.29 is 0 Å². The molecule has 4 nitrogen and oxygen atoms in total. The Balaban J connectivity index is 2.00. The Morgan fingerprint density at radius 3 is 2.76 bits per heavy atom. The molecule has 0 aliphatic heterocycles. The second-order valence-electron chi connectivity index (χ2n) is 5.59. The Hall–Kier alpha value is -2.53. The number of allylic oxidation sites excluding steroid dienone is 1. The van der Waals surface area contributed by atoms with Gasteiger partial charge in [-0.1, -0.05) is 59.3 Å². The molecule has 0 amide bonds. The van der Waals surface area contributed by atoms with Crippen LogP contribution in [-0.4, -0.2) is 15.9 Å². The first-order valence-corrected chi connectivity index (χ1v) is 8.95. The zero-order valence-corrected chi connectivity index (χ0v) is 15.5. The summed E-state index contributed by atoms with van der Waals surface area (Å²) >= 11 is 3.40. The summed E-state index contributed by atoms with van der Waals surface area (Å²) in [4.78, 5) is 17.4. The van der Waals surface area contributed by atoms with Gasteiger partial charge in [-0.3, -0.25) is 4.79 Å². The van der Waals surface area contributed by atoms with Gasteiger partial charge in [-0.05, 0) is 36.3 Å². The molecule has 0 saturated heterocycles. The van der Waals surface area contributed by atoms with Gasteiger partial charge in [-0.15, -0.1) is 0 Å². The standard InChI is InChI=1S/C20H18BrN3O/c1-2-7-19-23-18-12-11-16(21)14-17(18)20(25)24(19)22-13-6-10-15-8-4-3-5-9-15/h3-6,8-14H,2,7H2,1H3/b10-6+,22-13?. The van der Waals surface area contributed by atoms with Gasteiger partial charge in [0.1, 0.15) is 5.82 Å². The molecule has 1 aromatic heterocycles. The Morgan fingerprint density at radius 2 is 2.00 bits per heavy atom. The van der Waals surface area contributed by atoms with Crippen molar-refractivity contribution >= 4 is 39.1 Å². The van der Waals surface area contributed by atoms with Crippen molar-refractivity contribution in [3.8, 4) is 0 Å². The summed E-state index contributed by atoms with van der Waals surface area (Å²) in [5.74, 6) is 0.673. The molecule has 0 bridgehead atoms. The Labute approximate surface area is 154 Å². The Morgan fingerprint density at radius 1 is 1.20 bits per heavy atom. The third-order valence-electron chi connectivity index (χ3n) is 3.71. The molecule has 0 atom stereocenters. The van der Waals surface area contributed by atoms with Crippen molar-refractivity contribution in [2.75, 3.05) is 0 Å². The first-order valence-electron chi connectivity index (χ1n) is 8.16. The van der Waals surface area contributed by atoms with Crippen molar-refractivity contribution in [1.29, 1.82) is 0 Å². The number of hydrogen-bond donors (Lipinski definition) is 0. The molecule has 0 N–H and O–H groups in total. The summed E-state index contributed by atoms with van der Waals surface area (Å²) in [6.45, 7) is 2.06. The molecule has 0 radical (unpaired) electrons. The van der Waals surface area contributed by atoms with Gasteiger partial charge in [-0.2, -0.15) is 9.78 Å². The monoisotopic (exact) mass is 395 g/mol. The van der Waals surface area contributed by atoms with E-state index in [-0.39, 0.29) is 5.56 Å². The lowest BCUT2D eigenvalue weighted by Crippen LogP contribution is -2.22. The van der Waals surface area contributed by atoms with Gasteiger partial charge < -0.3 is 0 Å². The molecule has 2 aromatic carbocycles. The average Bonchev–Trinajstić information content (AvgIpc) is 2.62. The minimum absolute atomic E-state index is 0.154. The fraction of sp³-hybridized carbons (Fsp3) is 0.150. The number of hydrogen-bond acceptors (Lipinski definition) is 3. The second kappa shape index (κ2) is 8.03. The lowest BCUT2D eigenvalue weighted by molar-refractivity contribution is 0.704. The molecule has 0 saturated carbocycles. The van der Waals surface area contributed by atoms with Gasteiger partial charge in [0.05, 0.1) is 10.9 Å². The van der Waals surface area contributed by atoms with Crippen LogP contribution in [0.3, 0.4) is 0 Å². The zero-order chi connectivity index (χ0) is 17.6. The van der Waals surface area contributed by atoms with E-state index in [1.807, 2.05) is 54.6 Å². The molecule has 0 fully saturated rings. The van der Waals surface area contributed by atoms with Crippen LogP contribution < -0.4 is 5.56 Å². The predicted molar refractivity (Wildman–Crippen MR) is 107 cm³/mol. The molecule has 0 aliphatic carbocycles. The summed E-state index contributed by atoms with van der Waals surface area (Å²) in [7, 11) is 0. The summed E-state index contributed by atoms with van der Waals surface area (Å²) < 4.78 is 2.25. The molecule has 126 valence electrons. The minimum atomic E-state index is -0.154. The summed E-state index contributed by atoms with van der Waals surface area (Å²) in [5.41, 5.74) is 1.62. The number of rotatable bonds is 5. The number of nitrogens with zero attached hydrogens (tertiary/aromatic N) is 3. The van der Waals surface area contributed by atoms with E-state index < -0.39 is 0 Å². The summed E-state index contributed by atoms with van der Waals surface area (Å²) in [5, 5.41) is 4.89. The highest BCUT2D eigenvalue weighted by molar-refractivity contribution is 9.10. The van der Waals surface area contributed by atoms with Crippen LogP contribution in [-0.2, 0) is 6.42 Å². The van der Waals surface area contributed by atoms with E-state index >= 15 is 0 Å². The number of aryl methyl sites for hydroxylation is 1. The van der Waals surface area contributed by atoms with Crippen LogP contribution in [0.15, 0.2) is 69.0 Å².